The second kappa shape index (κ2) is 4.60. The van der Waals surface area contributed by atoms with Gasteiger partial charge >= 0.3 is 0 Å². The number of nitrogens with two attached hydrogens (primary N) is 1. The number of hydrogen-bond acceptors (Lipinski definition) is 3. The van der Waals surface area contributed by atoms with Crippen LogP contribution in [0.1, 0.15) is 43.6 Å². The molecule has 2 rings (SSSR count). The third-order valence-electron chi connectivity index (χ3n) is 3.13. The molecule has 15 heavy (non-hydrogen) atoms. The summed E-state index contributed by atoms with van der Waals surface area (Å²) in [6, 6.07) is 1.92. The molecule has 1 fully saturated rings. The van der Waals surface area contributed by atoms with Gasteiger partial charge in [-0.05, 0) is 19.3 Å². The topological polar surface area (TPSA) is 51.8 Å². The summed E-state index contributed by atoms with van der Waals surface area (Å²) in [7, 11) is 0. The molecular weight excluding hydrogens is 186 g/mol. The van der Waals surface area contributed by atoms with Gasteiger partial charge in [0.2, 0.25) is 0 Å². The van der Waals surface area contributed by atoms with Gasteiger partial charge in [-0.2, -0.15) is 0 Å². The van der Waals surface area contributed by atoms with E-state index in [0.29, 0.717) is 5.82 Å². The Morgan fingerprint density at radius 3 is 2.67 bits per heavy atom. The lowest BCUT2D eigenvalue weighted by Gasteiger charge is -2.21. The monoisotopic (exact) mass is 205 g/mol. The smallest absolute Gasteiger partial charge is 0.127 e. The van der Waals surface area contributed by atoms with E-state index in [1.54, 1.807) is 0 Å². The van der Waals surface area contributed by atoms with Gasteiger partial charge in [-0.3, -0.25) is 0 Å². The standard InChI is InChI=1S/C12H19N3/c1-9-14-11(8-12(13)15-9)7-10-5-3-2-4-6-10/h8,10H,2-7H2,1H3,(H2,13,14,15). The van der Waals surface area contributed by atoms with Crippen LogP contribution in [0.15, 0.2) is 6.07 Å². The molecule has 0 aromatic carbocycles. The van der Waals surface area contributed by atoms with Crippen molar-refractivity contribution in [3.8, 4) is 0 Å². The van der Waals surface area contributed by atoms with Crippen LogP contribution in [0, 0.1) is 12.8 Å². The van der Waals surface area contributed by atoms with Crippen LogP contribution in [-0.4, -0.2) is 9.97 Å². The van der Waals surface area contributed by atoms with E-state index in [-0.39, 0.29) is 0 Å². The number of aryl methyl sites for hydroxylation is 1. The third kappa shape index (κ3) is 2.91. The van der Waals surface area contributed by atoms with Crippen LogP contribution in [0.25, 0.3) is 0 Å². The molecule has 0 unspecified atom stereocenters. The Kier molecular flexibility index (Phi) is 3.19. The van der Waals surface area contributed by atoms with Crippen molar-refractivity contribution < 1.29 is 0 Å². The summed E-state index contributed by atoms with van der Waals surface area (Å²) in [6.45, 7) is 1.90. The van der Waals surface area contributed by atoms with E-state index in [0.717, 1.165) is 23.9 Å². The Morgan fingerprint density at radius 2 is 2.00 bits per heavy atom. The zero-order chi connectivity index (χ0) is 10.7. The quantitative estimate of drug-likeness (QED) is 0.807. The molecule has 1 saturated carbocycles. The van der Waals surface area contributed by atoms with E-state index in [2.05, 4.69) is 9.97 Å². The predicted octanol–water partition coefficient (Wildman–Crippen LogP) is 2.49. The van der Waals surface area contributed by atoms with Crippen LogP contribution in [0.3, 0.4) is 0 Å². The molecule has 0 spiro atoms. The molecule has 0 amide bonds. The second-order valence-electron chi connectivity index (χ2n) is 4.54. The first-order valence-corrected chi connectivity index (χ1v) is 5.84. The van der Waals surface area contributed by atoms with Gasteiger partial charge in [0.1, 0.15) is 11.6 Å². The molecule has 0 saturated heterocycles. The van der Waals surface area contributed by atoms with Crippen molar-refractivity contribution in [2.24, 2.45) is 5.92 Å². The van der Waals surface area contributed by atoms with Gasteiger partial charge in [0, 0.05) is 11.8 Å². The van der Waals surface area contributed by atoms with Crippen molar-refractivity contribution in [1.29, 1.82) is 0 Å². The molecule has 0 radical (unpaired) electrons. The van der Waals surface area contributed by atoms with Crippen LogP contribution < -0.4 is 5.73 Å². The molecule has 1 heterocycles. The number of hydrogen-bond donors (Lipinski definition) is 1. The average Bonchev–Trinajstić information content (AvgIpc) is 2.17. The molecule has 82 valence electrons. The molecule has 1 aliphatic carbocycles. The maximum atomic E-state index is 5.71. The summed E-state index contributed by atoms with van der Waals surface area (Å²) < 4.78 is 0. The summed E-state index contributed by atoms with van der Waals surface area (Å²) in [5, 5.41) is 0. The zero-order valence-electron chi connectivity index (χ0n) is 9.37. The van der Waals surface area contributed by atoms with Crippen LogP contribution >= 0.6 is 0 Å². The first kappa shape index (κ1) is 10.4. The van der Waals surface area contributed by atoms with E-state index in [1.807, 2.05) is 13.0 Å². The highest BCUT2D eigenvalue weighted by atomic mass is 14.9. The predicted molar refractivity (Wildman–Crippen MR) is 61.5 cm³/mol. The van der Waals surface area contributed by atoms with E-state index in [1.165, 1.54) is 32.1 Å². The SMILES string of the molecule is Cc1nc(N)cc(CC2CCCCC2)n1. The van der Waals surface area contributed by atoms with Crippen molar-refractivity contribution in [3.05, 3.63) is 17.6 Å². The minimum atomic E-state index is 0.605. The molecule has 0 atom stereocenters. The van der Waals surface area contributed by atoms with E-state index in [9.17, 15) is 0 Å². The second-order valence-corrected chi connectivity index (χ2v) is 4.54. The van der Waals surface area contributed by atoms with Crippen LogP contribution in [0.4, 0.5) is 5.82 Å². The fourth-order valence-electron chi connectivity index (χ4n) is 2.45. The number of aromatic nitrogens is 2. The fourth-order valence-corrected chi connectivity index (χ4v) is 2.45. The normalized spacial score (nSPS) is 17.9. The molecule has 3 nitrogen and oxygen atoms in total. The molecular formula is C12H19N3. The number of anilines is 1. The molecule has 1 aliphatic rings. The number of nitrogen functional groups attached to an aromatic ring is 1. The summed E-state index contributed by atoms with van der Waals surface area (Å²) in [5.74, 6) is 2.21. The van der Waals surface area contributed by atoms with Crippen LogP contribution in [0.5, 0.6) is 0 Å². The maximum Gasteiger partial charge on any atom is 0.127 e. The van der Waals surface area contributed by atoms with E-state index in [4.69, 9.17) is 5.73 Å². The first-order valence-electron chi connectivity index (χ1n) is 5.84. The van der Waals surface area contributed by atoms with E-state index < -0.39 is 0 Å². The molecule has 1 aromatic rings. The minimum absolute atomic E-state index is 0.605. The van der Waals surface area contributed by atoms with E-state index >= 15 is 0 Å². The summed E-state index contributed by atoms with van der Waals surface area (Å²) in [4.78, 5) is 8.53. The Bertz CT molecular complexity index is 309. The van der Waals surface area contributed by atoms with Gasteiger partial charge in [-0.25, -0.2) is 9.97 Å². The van der Waals surface area contributed by atoms with Crippen molar-refractivity contribution in [2.75, 3.05) is 5.73 Å². The highest BCUT2D eigenvalue weighted by molar-refractivity contribution is 5.29. The molecule has 3 heteroatoms. The lowest BCUT2D eigenvalue weighted by atomic mass is 9.86. The Hall–Kier alpha value is -1.12. The Labute approximate surface area is 91.1 Å². The number of nitrogens with zero attached hydrogens (tertiary/aromatic N) is 2. The fraction of sp³-hybridized carbons (Fsp3) is 0.667. The number of rotatable bonds is 2. The van der Waals surface area contributed by atoms with Gasteiger partial charge in [0.15, 0.2) is 0 Å². The Balaban J connectivity index is 2.02. The highest BCUT2D eigenvalue weighted by Crippen LogP contribution is 2.26. The van der Waals surface area contributed by atoms with Crippen molar-refractivity contribution >= 4 is 5.82 Å². The average molecular weight is 205 g/mol. The van der Waals surface area contributed by atoms with Gasteiger partial charge in [0.05, 0.1) is 0 Å². The molecule has 2 N–H and O–H groups in total. The third-order valence-corrected chi connectivity index (χ3v) is 3.13. The summed E-state index contributed by atoms with van der Waals surface area (Å²) >= 11 is 0. The lowest BCUT2D eigenvalue weighted by molar-refractivity contribution is 0.354. The summed E-state index contributed by atoms with van der Waals surface area (Å²) in [6.07, 6.45) is 7.94. The molecule has 1 aromatic heterocycles. The van der Waals surface area contributed by atoms with Crippen molar-refractivity contribution in [2.45, 2.75) is 45.4 Å². The summed E-state index contributed by atoms with van der Waals surface area (Å²) in [5.41, 5.74) is 6.83. The van der Waals surface area contributed by atoms with Gasteiger partial charge in [-0.15, -0.1) is 0 Å². The molecule has 0 bridgehead atoms. The van der Waals surface area contributed by atoms with Gasteiger partial charge in [0.25, 0.3) is 0 Å². The van der Waals surface area contributed by atoms with Crippen molar-refractivity contribution in [1.82, 2.24) is 9.97 Å². The van der Waals surface area contributed by atoms with Gasteiger partial charge in [-0.1, -0.05) is 32.1 Å². The Morgan fingerprint density at radius 1 is 1.27 bits per heavy atom. The van der Waals surface area contributed by atoms with Crippen LogP contribution in [-0.2, 0) is 6.42 Å². The largest absolute Gasteiger partial charge is 0.384 e. The minimum Gasteiger partial charge on any atom is -0.384 e. The molecule has 0 aliphatic heterocycles. The first-order chi connectivity index (χ1) is 7.24. The lowest BCUT2D eigenvalue weighted by Crippen LogP contribution is -2.11. The van der Waals surface area contributed by atoms with Gasteiger partial charge < -0.3 is 5.73 Å². The zero-order valence-corrected chi connectivity index (χ0v) is 9.37. The van der Waals surface area contributed by atoms with Crippen molar-refractivity contribution in [3.63, 3.8) is 0 Å². The highest BCUT2D eigenvalue weighted by Gasteiger charge is 2.14. The van der Waals surface area contributed by atoms with Crippen LogP contribution in [0.2, 0.25) is 0 Å². The maximum absolute atomic E-state index is 5.71.